The van der Waals surface area contributed by atoms with Crippen LogP contribution in [0.3, 0.4) is 0 Å². The highest BCUT2D eigenvalue weighted by Crippen LogP contribution is 2.28. The maximum absolute atomic E-state index is 8.76. The Morgan fingerprint density at radius 1 is 0.789 bits per heavy atom. The fourth-order valence-electron chi connectivity index (χ4n) is 1.98. The molecule has 0 aliphatic heterocycles. The lowest BCUT2D eigenvalue weighted by atomic mass is 10.0. The van der Waals surface area contributed by atoms with Gasteiger partial charge in [-0.15, -0.1) is 0 Å². The van der Waals surface area contributed by atoms with E-state index in [0.29, 0.717) is 10.0 Å². The van der Waals surface area contributed by atoms with Crippen LogP contribution in [-0.2, 0) is 6.42 Å². The zero-order valence-corrected chi connectivity index (χ0v) is 12.1. The van der Waals surface area contributed by atoms with Gasteiger partial charge >= 0.3 is 0 Å². The largest absolute Gasteiger partial charge is 0.396 e. The molecular weight excluding hydrogens is 279 g/mol. The van der Waals surface area contributed by atoms with Crippen LogP contribution in [-0.4, -0.2) is 11.7 Å². The predicted octanol–water partition coefficient (Wildman–Crippen LogP) is 4.98. The molecule has 0 aromatic heterocycles. The SMILES string of the molecule is OCCCCc1ccc(-c2ccc(Cl)c(Cl)c2)cc1. The Morgan fingerprint density at radius 3 is 2.11 bits per heavy atom. The van der Waals surface area contributed by atoms with E-state index in [9.17, 15) is 0 Å². The maximum atomic E-state index is 8.76. The third-order valence-corrected chi connectivity index (χ3v) is 3.82. The zero-order chi connectivity index (χ0) is 13.7. The summed E-state index contributed by atoms with van der Waals surface area (Å²) < 4.78 is 0. The van der Waals surface area contributed by atoms with Gasteiger partial charge in [-0.1, -0.05) is 53.5 Å². The highest BCUT2D eigenvalue weighted by atomic mass is 35.5. The molecule has 3 heteroatoms. The highest BCUT2D eigenvalue weighted by Gasteiger charge is 2.02. The summed E-state index contributed by atoms with van der Waals surface area (Å²) >= 11 is 11.9. The van der Waals surface area contributed by atoms with Gasteiger partial charge in [0.2, 0.25) is 0 Å². The second-order valence-electron chi connectivity index (χ2n) is 4.51. The number of unbranched alkanes of at least 4 members (excludes halogenated alkanes) is 1. The second kappa shape index (κ2) is 6.95. The maximum Gasteiger partial charge on any atom is 0.0598 e. The van der Waals surface area contributed by atoms with E-state index in [1.54, 1.807) is 0 Å². The van der Waals surface area contributed by atoms with Crippen molar-refractivity contribution >= 4 is 23.2 Å². The fraction of sp³-hybridized carbons (Fsp3) is 0.250. The Bertz CT molecular complexity index is 535. The number of hydrogen-bond donors (Lipinski definition) is 1. The van der Waals surface area contributed by atoms with Crippen molar-refractivity contribution in [1.82, 2.24) is 0 Å². The first-order chi connectivity index (χ1) is 9.20. The molecule has 2 aromatic carbocycles. The second-order valence-corrected chi connectivity index (χ2v) is 5.32. The van der Waals surface area contributed by atoms with E-state index in [4.69, 9.17) is 28.3 Å². The number of hydrogen-bond acceptors (Lipinski definition) is 1. The van der Waals surface area contributed by atoms with Crippen LogP contribution in [0.1, 0.15) is 18.4 Å². The molecule has 2 rings (SSSR count). The standard InChI is InChI=1S/C16H16Cl2O/c17-15-9-8-14(11-16(15)18)13-6-4-12(5-7-13)3-1-2-10-19/h4-9,11,19H,1-3,10H2. The number of aryl methyl sites for hydroxylation is 1. The highest BCUT2D eigenvalue weighted by molar-refractivity contribution is 6.42. The van der Waals surface area contributed by atoms with Crippen LogP contribution in [0.5, 0.6) is 0 Å². The summed E-state index contributed by atoms with van der Waals surface area (Å²) in [6.07, 6.45) is 2.87. The first-order valence-electron chi connectivity index (χ1n) is 6.36. The molecule has 0 spiro atoms. The number of rotatable bonds is 5. The van der Waals surface area contributed by atoms with E-state index >= 15 is 0 Å². The molecule has 1 nitrogen and oxygen atoms in total. The number of aliphatic hydroxyl groups is 1. The molecule has 0 bridgehead atoms. The molecule has 0 aliphatic carbocycles. The van der Waals surface area contributed by atoms with Crippen LogP contribution in [0.4, 0.5) is 0 Å². The van der Waals surface area contributed by atoms with Gasteiger partial charge in [0.25, 0.3) is 0 Å². The first-order valence-corrected chi connectivity index (χ1v) is 7.11. The van der Waals surface area contributed by atoms with E-state index < -0.39 is 0 Å². The van der Waals surface area contributed by atoms with Crippen molar-refractivity contribution in [2.24, 2.45) is 0 Å². The Labute approximate surface area is 123 Å². The van der Waals surface area contributed by atoms with E-state index in [-0.39, 0.29) is 6.61 Å². The van der Waals surface area contributed by atoms with Crippen molar-refractivity contribution in [3.05, 3.63) is 58.1 Å². The zero-order valence-electron chi connectivity index (χ0n) is 10.6. The lowest BCUT2D eigenvalue weighted by Crippen LogP contribution is -1.88. The summed E-state index contributed by atoms with van der Waals surface area (Å²) in [5.41, 5.74) is 3.48. The summed E-state index contributed by atoms with van der Waals surface area (Å²) in [5, 5.41) is 9.91. The number of aliphatic hydroxyl groups excluding tert-OH is 1. The Kier molecular flexibility index (Phi) is 5.26. The molecule has 100 valence electrons. The third kappa shape index (κ3) is 3.97. The summed E-state index contributed by atoms with van der Waals surface area (Å²) in [6.45, 7) is 0.265. The van der Waals surface area contributed by atoms with Gasteiger partial charge < -0.3 is 5.11 Å². The van der Waals surface area contributed by atoms with Gasteiger partial charge in [0.1, 0.15) is 0 Å². The lowest BCUT2D eigenvalue weighted by Gasteiger charge is -2.05. The molecule has 2 aromatic rings. The minimum Gasteiger partial charge on any atom is -0.396 e. The predicted molar refractivity (Wildman–Crippen MR) is 81.9 cm³/mol. The first kappa shape index (κ1) is 14.4. The molecule has 0 fully saturated rings. The van der Waals surface area contributed by atoms with E-state index in [1.165, 1.54) is 5.56 Å². The molecule has 0 aliphatic rings. The van der Waals surface area contributed by atoms with E-state index in [1.807, 2.05) is 18.2 Å². The molecule has 0 radical (unpaired) electrons. The van der Waals surface area contributed by atoms with Gasteiger partial charge in [0.15, 0.2) is 0 Å². The molecule has 1 N–H and O–H groups in total. The van der Waals surface area contributed by atoms with Gasteiger partial charge in [-0.3, -0.25) is 0 Å². The quantitative estimate of drug-likeness (QED) is 0.772. The molecule has 0 unspecified atom stereocenters. The molecule has 0 saturated heterocycles. The van der Waals surface area contributed by atoms with Gasteiger partial charge in [-0.2, -0.15) is 0 Å². The van der Waals surface area contributed by atoms with Crippen LogP contribution in [0.25, 0.3) is 11.1 Å². The smallest absolute Gasteiger partial charge is 0.0598 e. The summed E-state index contributed by atoms with van der Waals surface area (Å²) in [5.74, 6) is 0. The van der Waals surface area contributed by atoms with Gasteiger partial charge in [0, 0.05) is 6.61 Å². The van der Waals surface area contributed by atoms with Crippen molar-refractivity contribution in [1.29, 1.82) is 0 Å². The summed E-state index contributed by atoms with van der Waals surface area (Å²) in [7, 11) is 0. The topological polar surface area (TPSA) is 20.2 Å². The van der Waals surface area contributed by atoms with Crippen molar-refractivity contribution in [3.8, 4) is 11.1 Å². The summed E-state index contributed by atoms with van der Waals surface area (Å²) in [6, 6.07) is 14.1. The Balaban J connectivity index is 2.11. The van der Waals surface area contributed by atoms with Crippen molar-refractivity contribution in [3.63, 3.8) is 0 Å². The van der Waals surface area contributed by atoms with Gasteiger partial charge in [-0.25, -0.2) is 0 Å². The summed E-state index contributed by atoms with van der Waals surface area (Å²) in [4.78, 5) is 0. The van der Waals surface area contributed by atoms with Crippen LogP contribution < -0.4 is 0 Å². The normalized spacial score (nSPS) is 10.7. The monoisotopic (exact) mass is 294 g/mol. The molecule has 19 heavy (non-hydrogen) atoms. The third-order valence-electron chi connectivity index (χ3n) is 3.08. The average molecular weight is 295 g/mol. The lowest BCUT2D eigenvalue weighted by molar-refractivity contribution is 0.284. The average Bonchev–Trinajstić information content (AvgIpc) is 2.43. The van der Waals surface area contributed by atoms with Crippen LogP contribution in [0.2, 0.25) is 10.0 Å². The molecule has 0 heterocycles. The molecular formula is C16H16Cl2O. The van der Waals surface area contributed by atoms with Crippen LogP contribution >= 0.6 is 23.2 Å². The van der Waals surface area contributed by atoms with Crippen molar-refractivity contribution < 1.29 is 5.11 Å². The Hall–Kier alpha value is -1.02. The molecule has 0 atom stereocenters. The minimum atomic E-state index is 0.265. The number of halogens is 2. The Morgan fingerprint density at radius 2 is 1.47 bits per heavy atom. The van der Waals surface area contributed by atoms with E-state index in [2.05, 4.69) is 24.3 Å². The van der Waals surface area contributed by atoms with Crippen molar-refractivity contribution in [2.45, 2.75) is 19.3 Å². The van der Waals surface area contributed by atoms with Crippen molar-refractivity contribution in [2.75, 3.05) is 6.61 Å². The minimum absolute atomic E-state index is 0.265. The molecule has 0 saturated carbocycles. The molecule has 0 amide bonds. The van der Waals surface area contributed by atoms with Crippen LogP contribution in [0.15, 0.2) is 42.5 Å². The van der Waals surface area contributed by atoms with Crippen LogP contribution in [0, 0.1) is 0 Å². The number of benzene rings is 2. The van der Waals surface area contributed by atoms with Gasteiger partial charge in [0.05, 0.1) is 10.0 Å². The fourth-order valence-corrected chi connectivity index (χ4v) is 2.28. The van der Waals surface area contributed by atoms with E-state index in [0.717, 1.165) is 30.4 Å². The van der Waals surface area contributed by atoms with Gasteiger partial charge in [-0.05, 0) is 48.1 Å².